The number of rotatable bonds is 5. The zero-order valence-corrected chi connectivity index (χ0v) is 14.1. The second-order valence-electron chi connectivity index (χ2n) is 5.99. The van der Waals surface area contributed by atoms with Crippen molar-refractivity contribution < 1.29 is 0 Å². The quantitative estimate of drug-likeness (QED) is 0.820. The molecule has 2 aromatic rings. The maximum atomic E-state index is 5.92. The Bertz CT molecular complexity index is 578. The van der Waals surface area contributed by atoms with Gasteiger partial charge in [0.15, 0.2) is 0 Å². The van der Waals surface area contributed by atoms with Crippen LogP contribution in [0, 0.1) is 20.8 Å². The fourth-order valence-corrected chi connectivity index (χ4v) is 2.94. The Hall–Kier alpha value is -1.31. The zero-order valence-electron chi connectivity index (χ0n) is 13.3. The molecule has 1 atom stereocenters. The minimum absolute atomic E-state index is 0.436. The second-order valence-corrected chi connectivity index (χ2v) is 6.43. The van der Waals surface area contributed by atoms with Crippen LogP contribution in [-0.4, -0.2) is 6.04 Å². The first-order valence-electron chi connectivity index (χ1n) is 7.50. The summed E-state index contributed by atoms with van der Waals surface area (Å²) in [6.07, 6.45) is 1.02. The van der Waals surface area contributed by atoms with Gasteiger partial charge in [-0.3, -0.25) is 0 Å². The maximum absolute atomic E-state index is 5.92. The topological polar surface area (TPSA) is 12.0 Å². The molecule has 0 spiro atoms. The van der Waals surface area contributed by atoms with Crippen LogP contribution in [0.5, 0.6) is 0 Å². The monoisotopic (exact) mass is 301 g/mol. The number of benzene rings is 2. The Labute approximate surface area is 133 Å². The molecule has 2 rings (SSSR count). The van der Waals surface area contributed by atoms with Crippen LogP contribution in [0.1, 0.15) is 34.7 Å². The lowest BCUT2D eigenvalue weighted by Gasteiger charge is -2.17. The van der Waals surface area contributed by atoms with Gasteiger partial charge in [0, 0.05) is 17.6 Å². The molecule has 1 unspecified atom stereocenters. The fourth-order valence-electron chi connectivity index (χ4n) is 2.81. The van der Waals surface area contributed by atoms with Gasteiger partial charge in [0.2, 0.25) is 0 Å². The number of hydrogen-bond donors (Lipinski definition) is 1. The van der Waals surface area contributed by atoms with Gasteiger partial charge in [-0.2, -0.15) is 0 Å². The van der Waals surface area contributed by atoms with E-state index in [0.29, 0.717) is 6.04 Å². The Balaban J connectivity index is 1.95. The highest BCUT2D eigenvalue weighted by Crippen LogP contribution is 2.17. The van der Waals surface area contributed by atoms with E-state index < -0.39 is 0 Å². The third-order valence-corrected chi connectivity index (χ3v) is 4.17. The lowest BCUT2D eigenvalue weighted by Crippen LogP contribution is -2.28. The predicted molar refractivity (Wildman–Crippen MR) is 92.1 cm³/mol. The SMILES string of the molecule is Cc1cc(C)c(CNC(C)Cc2ccc(Cl)cc2)c(C)c1. The summed E-state index contributed by atoms with van der Waals surface area (Å²) in [5.41, 5.74) is 6.82. The Kier molecular flexibility index (Phi) is 5.44. The van der Waals surface area contributed by atoms with Crippen molar-refractivity contribution in [3.63, 3.8) is 0 Å². The molecular formula is C19H24ClN. The Morgan fingerprint density at radius 1 is 1.00 bits per heavy atom. The summed E-state index contributed by atoms with van der Waals surface area (Å²) < 4.78 is 0. The van der Waals surface area contributed by atoms with Crippen molar-refractivity contribution in [3.05, 3.63) is 69.2 Å². The normalized spacial score (nSPS) is 12.4. The van der Waals surface area contributed by atoms with E-state index in [9.17, 15) is 0 Å². The molecular weight excluding hydrogens is 278 g/mol. The first kappa shape index (κ1) is 16.1. The minimum atomic E-state index is 0.436. The van der Waals surface area contributed by atoms with Crippen LogP contribution in [0.2, 0.25) is 5.02 Å². The van der Waals surface area contributed by atoms with Crippen LogP contribution in [0.3, 0.4) is 0 Å². The van der Waals surface area contributed by atoms with Crippen molar-refractivity contribution in [2.24, 2.45) is 0 Å². The van der Waals surface area contributed by atoms with Gasteiger partial charge >= 0.3 is 0 Å². The second kappa shape index (κ2) is 7.11. The lowest BCUT2D eigenvalue weighted by molar-refractivity contribution is 0.543. The summed E-state index contributed by atoms with van der Waals surface area (Å²) >= 11 is 5.92. The molecule has 1 nitrogen and oxygen atoms in total. The van der Waals surface area contributed by atoms with Gasteiger partial charge in [-0.15, -0.1) is 0 Å². The van der Waals surface area contributed by atoms with Gasteiger partial charge in [0.05, 0.1) is 0 Å². The lowest BCUT2D eigenvalue weighted by atomic mass is 9.99. The van der Waals surface area contributed by atoms with Crippen molar-refractivity contribution >= 4 is 11.6 Å². The summed E-state index contributed by atoms with van der Waals surface area (Å²) in [4.78, 5) is 0. The molecule has 0 bridgehead atoms. The minimum Gasteiger partial charge on any atom is -0.310 e. The Morgan fingerprint density at radius 2 is 1.57 bits per heavy atom. The Morgan fingerprint density at radius 3 is 2.14 bits per heavy atom. The van der Waals surface area contributed by atoms with Crippen LogP contribution >= 0.6 is 11.6 Å². The molecule has 0 aliphatic rings. The first-order valence-corrected chi connectivity index (χ1v) is 7.88. The third-order valence-electron chi connectivity index (χ3n) is 3.92. The van der Waals surface area contributed by atoms with E-state index in [2.05, 4.69) is 57.3 Å². The van der Waals surface area contributed by atoms with Gasteiger partial charge in [-0.1, -0.05) is 41.4 Å². The number of hydrogen-bond acceptors (Lipinski definition) is 1. The molecule has 2 aromatic carbocycles. The molecule has 112 valence electrons. The van der Waals surface area contributed by atoms with Crippen LogP contribution in [-0.2, 0) is 13.0 Å². The van der Waals surface area contributed by atoms with Gasteiger partial charge in [0.1, 0.15) is 0 Å². The standard InChI is InChI=1S/C19H24ClN/c1-13-9-14(2)19(15(3)10-13)12-21-16(4)11-17-5-7-18(20)8-6-17/h5-10,16,21H,11-12H2,1-4H3. The molecule has 0 aliphatic carbocycles. The zero-order chi connectivity index (χ0) is 15.4. The summed E-state index contributed by atoms with van der Waals surface area (Å²) in [6.45, 7) is 9.70. The van der Waals surface area contributed by atoms with E-state index in [1.54, 1.807) is 0 Å². The van der Waals surface area contributed by atoms with E-state index in [1.807, 2.05) is 12.1 Å². The fraction of sp³-hybridized carbons (Fsp3) is 0.368. The molecule has 0 heterocycles. The molecule has 0 saturated carbocycles. The molecule has 0 aromatic heterocycles. The van der Waals surface area contributed by atoms with E-state index >= 15 is 0 Å². The molecule has 1 N–H and O–H groups in total. The van der Waals surface area contributed by atoms with Crippen molar-refractivity contribution in [1.29, 1.82) is 0 Å². The van der Waals surface area contributed by atoms with Crippen LogP contribution in [0.25, 0.3) is 0 Å². The molecule has 0 saturated heterocycles. The number of nitrogens with one attached hydrogen (secondary N) is 1. The number of aryl methyl sites for hydroxylation is 3. The van der Waals surface area contributed by atoms with Gasteiger partial charge in [0.25, 0.3) is 0 Å². The highest BCUT2D eigenvalue weighted by Gasteiger charge is 2.07. The largest absolute Gasteiger partial charge is 0.310 e. The molecule has 0 aliphatic heterocycles. The maximum Gasteiger partial charge on any atom is 0.0406 e. The van der Waals surface area contributed by atoms with Crippen LogP contribution in [0.15, 0.2) is 36.4 Å². The van der Waals surface area contributed by atoms with Crippen molar-refractivity contribution in [3.8, 4) is 0 Å². The molecule has 21 heavy (non-hydrogen) atoms. The van der Waals surface area contributed by atoms with E-state index in [0.717, 1.165) is 18.0 Å². The van der Waals surface area contributed by atoms with Gasteiger partial charge in [-0.25, -0.2) is 0 Å². The summed E-state index contributed by atoms with van der Waals surface area (Å²) in [5.74, 6) is 0. The average molecular weight is 302 g/mol. The predicted octanol–water partition coefficient (Wildman–Crippen LogP) is 4.99. The van der Waals surface area contributed by atoms with E-state index in [4.69, 9.17) is 11.6 Å². The van der Waals surface area contributed by atoms with Gasteiger partial charge in [-0.05, 0) is 68.5 Å². The first-order chi connectivity index (χ1) is 9.95. The van der Waals surface area contributed by atoms with Crippen molar-refractivity contribution in [1.82, 2.24) is 5.32 Å². The van der Waals surface area contributed by atoms with Gasteiger partial charge < -0.3 is 5.32 Å². The molecule has 0 amide bonds. The molecule has 2 heteroatoms. The number of halogens is 1. The summed E-state index contributed by atoms with van der Waals surface area (Å²) in [5, 5.41) is 4.43. The van der Waals surface area contributed by atoms with Crippen molar-refractivity contribution in [2.45, 2.75) is 46.7 Å². The highest BCUT2D eigenvalue weighted by atomic mass is 35.5. The smallest absolute Gasteiger partial charge is 0.0406 e. The van der Waals surface area contributed by atoms with E-state index in [-0.39, 0.29) is 0 Å². The summed E-state index contributed by atoms with van der Waals surface area (Å²) in [7, 11) is 0. The third kappa shape index (κ3) is 4.59. The molecule has 0 fully saturated rings. The van der Waals surface area contributed by atoms with Crippen molar-refractivity contribution in [2.75, 3.05) is 0 Å². The molecule has 0 radical (unpaired) electrons. The van der Waals surface area contributed by atoms with Crippen LogP contribution < -0.4 is 5.32 Å². The van der Waals surface area contributed by atoms with E-state index in [1.165, 1.54) is 27.8 Å². The summed E-state index contributed by atoms with van der Waals surface area (Å²) in [6, 6.07) is 13.1. The van der Waals surface area contributed by atoms with Crippen LogP contribution in [0.4, 0.5) is 0 Å². The highest BCUT2D eigenvalue weighted by molar-refractivity contribution is 6.30. The average Bonchev–Trinajstić information content (AvgIpc) is 2.40.